The Hall–Kier alpha value is -2.01. The number of phenols is 2. The summed E-state index contributed by atoms with van der Waals surface area (Å²) in [6.45, 7) is 2.31. The van der Waals surface area contributed by atoms with E-state index in [-0.39, 0.29) is 11.5 Å². The van der Waals surface area contributed by atoms with Gasteiger partial charge in [0, 0.05) is 37.1 Å². The van der Waals surface area contributed by atoms with Crippen molar-refractivity contribution in [3.8, 4) is 11.5 Å². The molecule has 18 heavy (non-hydrogen) atoms. The minimum Gasteiger partial charge on any atom is -0.508 e. The summed E-state index contributed by atoms with van der Waals surface area (Å²) in [6.07, 6.45) is 4.67. The zero-order valence-electron chi connectivity index (χ0n) is 10.1. The van der Waals surface area contributed by atoms with Crippen molar-refractivity contribution in [1.82, 2.24) is 15.1 Å². The van der Waals surface area contributed by atoms with Gasteiger partial charge in [-0.2, -0.15) is 5.10 Å². The summed E-state index contributed by atoms with van der Waals surface area (Å²) in [6, 6.07) is 6.54. The zero-order chi connectivity index (χ0) is 12.8. The molecule has 0 aliphatic carbocycles. The fourth-order valence-electron chi connectivity index (χ4n) is 1.72. The molecule has 3 N–H and O–H groups in total. The molecular weight excluding hydrogens is 230 g/mol. The number of benzene rings is 1. The summed E-state index contributed by atoms with van der Waals surface area (Å²) < 4.78 is 1.89. The molecule has 1 heterocycles. The molecule has 2 aromatic rings. The first-order valence-electron chi connectivity index (χ1n) is 5.95. The fraction of sp³-hybridized carbons (Fsp3) is 0.308. The Kier molecular flexibility index (Phi) is 4.20. The van der Waals surface area contributed by atoms with Crippen molar-refractivity contribution in [2.24, 2.45) is 0 Å². The Balaban J connectivity index is 1.69. The van der Waals surface area contributed by atoms with Gasteiger partial charge in [0.2, 0.25) is 0 Å². The normalized spacial score (nSPS) is 10.7. The largest absolute Gasteiger partial charge is 0.508 e. The predicted molar refractivity (Wildman–Crippen MR) is 68.3 cm³/mol. The third-order valence-corrected chi connectivity index (χ3v) is 2.68. The van der Waals surface area contributed by atoms with Crippen molar-refractivity contribution >= 4 is 0 Å². The Morgan fingerprint density at radius 1 is 1.28 bits per heavy atom. The summed E-state index contributed by atoms with van der Waals surface area (Å²) in [7, 11) is 0. The summed E-state index contributed by atoms with van der Waals surface area (Å²) in [4.78, 5) is 0. The van der Waals surface area contributed by atoms with Crippen molar-refractivity contribution < 1.29 is 10.2 Å². The van der Waals surface area contributed by atoms with Crippen LogP contribution in [0, 0.1) is 0 Å². The minimum absolute atomic E-state index is 0.0786. The minimum atomic E-state index is 0.0786. The third kappa shape index (κ3) is 3.49. The maximum absolute atomic E-state index is 9.58. The van der Waals surface area contributed by atoms with E-state index in [4.69, 9.17) is 5.11 Å². The molecule has 5 heteroatoms. The number of nitrogens with one attached hydrogen (secondary N) is 1. The molecule has 0 atom stereocenters. The van der Waals surface area contributed by atoms with E-state index in [9.17, 15) is 5.11 Å². The maximum Gasteiger partial charge on any atom is 0.123 e. The van der Waals surface area contributed by atoms with Gasteiger partial charge in [-0.05, 0) is 25.1 Å². The van der Waals surface area contributed by atoms with Crippen LogP contribution >= 0.6 is 0 Å². The molecule has 0 radical (unpaired) electrons. The van der Waals surface area contributed by atoms with Gasteiger partial charge >= 0.3 is 0 Å². The number of aromatic nitrogens is 2. The van der Waals surface area contributed by atoms with Crippen LogP contribution in [0.4, 0.5) is 0 Å². The molecule has 1 aromatic carbocycles. The Labute approximate surface area is 106 Å². The molecule has 0 saturated carbocycles. The standard InChI is InChI=1S/C13H17N3O2/c17-12-4-3-11(13(18)9-12)10-14-5-1-7-16-8-2-6-15-16/h2-4,6,8-9,14,17-18H,1,5,7,10H2. The first-order valence-corrected chi connectivity index (χ1v) is 5.95. The van der Waals surface area contributed by atoms with Gasteiger partial charge in [-0.3, -0.25) is 4.68 Å². The molecule has 0 saturated heterocycles. The van der Waals surface area contributed by atoms with Gasteiger partial charge in [0.05, 0.1) is 0 Å². The highest BCUT2D eigenvalue weighted by atomic mass is 16.3. The van der Waals surface area contributed by atoms with E-state index in [2.05, 4.69) is 10.4 Å². The van der Waals surface area contributed by atoms with Crippen molar-refractivity contribution in [1.29, 1.82) is 0 Å². The van der Waals surface area contributed by atoms with E-state index in [1.165, 1.54) is 6.07 Å². The maximum atomic E-state index is 9.58. The lowest BCUT2D eigenvalue weighted by Gasteiger charge is -2.07. The molecule has 0 fully saturated rings. The second-order valence-electron chi connectivity index (χ2n) is 4.11. The molecule has 1 aromatic heterocycles. The topological polar surface area (TPSA) is 70.3 Å². The monoisotopic (exact) mass is 247 g/mol. The van der Waals surface area contributed by atoms with E-state index >= 15 is 0 Å². The molecule has 5 nitrogen and oxygen atoms in total. The fourth-order valence-corrected chi connectivity index (χ4v) is 1.72. The zero-order valence-corrected chi connectivity index (χ0v) is 10.1. The van der Waals surface area contributed by atoms with Crippen molar-refractivity contribution in [3.05, 3.63) is 42.2 Å². The molecule has 0 aliphatic rings. The van der Waals surface area contributed by atoms with Gasteiger partial charge in [0.15, 0.2) is 0 Å². The molecule has 0 unspecified atom stereocenters. The number of phenolic OH excluding ortho intramolecular Hbond substituents is 2. The number of hydrogen-bond acceptors (Lipinski definition) is 4. The van der Waals surface area contributed by atoms with Gasteiger partial charge in [-0.25, -0.2) is 0 Å². The summed E-state index contributed by atoms with van der Waals surface area (Å²) in [5.74, 6) is 0.199. The van der Waals surface area contributed by atoms with Gasteiger partial charge in [-0.15, -0.1) is 0 Å². The Morgan fingerprint density at radius 3 is 2.89 bits per heavy atom. The first-order chi connectivity index (χ1) is 8.75. The van der Waals surface area contributed by atoms with Crippen LogP contribution in [-0.4, -0.2) is 26.5 Å². The number of aromatic hydroxyl groups is 2. The van der Waals surface area contributed by atoms with Crippen LogP contribution in [0.3, 0.4) is 0 Å². The number of aryl methyl sites for hydroxylation is 1. The molecule has 0 aliphatic heterocycles. The molecule has 0 bridgehead atoms. The Morgan fingerprint density at radius 2 is 2.17 bits per heavy atom. The highest BCUT2D eigenvalue weighted by Crippen LogP contribution is 2.22. The first kappa shape index (κ1) is 12.4. The van der Waals surface area contributed by atoms with Crippen LogP contribution in [0.2, 0.25) is 0 Å². The Bertz CT molecular complexity index is 483. The number of rotatable bonds is 6. The van der Waals surface area contributed by atoms with E-state index < -0.39 is 0 Å². The predicted octanol–water partition coefficient (Wildman–Crippen LogP) is 1.47. The molecule has 0 spiro atoms. The quantitative estimate of drug-likeness (QED) is 0.676. The third-order valence-electron chi connectivity index (χ3n) is 2.68. The van der Waals surface area contributed by atoms with Crippen LogP contribution in [-0.2, 0) is 13.1 Å². The van der Waals surface area contributed by atoms with Crippen LogP contribution in [0.15, 0.2) is 36.7 Å². The van der Waals surface area contributed by atoms with Crippen LogP contribution < -0.4 is 5.32 Å². The van der Waals surface area contributed by atoms with Gasteiger partial charge in [-0.1, -0.05) is 6.07 Å². The number of nitrogens with zero attached hydrogens (tertiary/aromatic N) is 2. The van der Waals surface area contributed by atoms with Gasteiger partial charge in [0.25, 0.3) is 0 Å². The summed E-state index contributed by atoms with van der Waals surface area (Å²) in [5.41, 5.74) is 0.784. The van der Waals surface area contributed by atoms with E-state index in [0.717, 1.165) is 25.1 Å². The van der Waals surface area contributed by atoms with Crippen LogP contribution in [0.5, 0.6) is 11.5 Å². The molecular formula is C13H17N3O2. The SMILES string of the molecule is Oc1ccc(CNCCCn2cccn2)c(O)c1. The number of hydrogen-bond donors (Lipinski definition) is 3. The highest BCUT2D eigenvalue weighted by molar-refractivity contribution is 5.38. The lowest BCUT2D eigenvalue weighted by atomic mass is 10.2. The van der Waals surface area contributed by atoms with E-state index in [1.54, 1.807) is 18.3 Å². The molecule has 96 valence electrons. The summed E-state index contributed by atoms with van der Waals surface area (Å²) in [5, 5.41) is 26.1. The molecule has 0 amide bonds. The van der Waals surface area contributed by atoms with Gasteiger partial charge in [0.1, 0.15) is 11.5 Å². The second kappa shape index (κ2) is 6.07. The van der Waals surface area contributed by atoms with Crippen LogP contribution in [0.25, 0.3) is 0 Å². The van der Waals surface area contributed by atoms with Crippen molar-refractivity contribution in [3.63, 3.8) is 0 Å². The van der Waals surface area contributed by atoms with Gasteiger partial charge < -0.3 is 15.5 Å². The lowest BCUT2D eigenvalue weighted by Crippen LogP contribution is -2.16. The van der Waals surface area contributed by atoms with Crippen molar-refractivity contribution in [2.75, 3.05) is 6.54 Å². The van der Waals surface area contributed by atoms with E-state index in [0.29, 0.717) is 6.54 Å². The second-order valence-corrected chi connectivity index (χ2v) is 4.11. The highest BCUT2D eigenvalue weighted by Gasteiger charge is 2.01. The van der Waals surface area contributed by atoms with Crippen LogP contribution in [0.1, 0.15) is 12.0 Å². The average molecular weight is 247 g/mol. The average Bonchev–Trinajstić information content (AvgIpc) is 2.84. The summed E-state index contributed by atoms with van der Waals surface area (Å²) >= 11 is 0. The lowest BCUT2D eigenvalue weighted by molar-refractivity contribution is 0.443. The smallest absolute Gasteiger partial charge is 0.123 e. The van der Waals surface area contributed by atoms with Crippen molar-refractivity contribution in [2.45, 2.75) is 19.5 Å². The molecule has 2 rings (SSSR count). The van der Waals surface area contributed by atoms with E-state index in [1.807, 2.05) is 16.9 Å².